The van der Waals surface area contributed by atoms with E-state index in [-0.39, 0.29) is 13.2 Å². The second-order valence-corrected chi connectivity index (χ2v) is 5.22. The SMILES string of the molecule is C#CCO[C@H]1O[C@@H]2COC(c3ccccc3)O[C@@H]2[C@H](O)[C@H]1O. The lowest BCUT2D eigenvalue weighted by Gasteiger charge is -2.46. The van der Waals surface area contributed by atoms with Gasteiger partial charge in [0.2, 0.25) is 0 Å². The zero-order chi connectivity index (χ0) is 15.5. The van der Waals surface area contributed by atoms with Crippen LogP contribution in [-0.4, -0.2) is 54.1 Å². The van der Waals surface area contributed by atoms with Gasteiger partial charge in [0.05, 0.1) is 6.61 Å². The molecule has 1 unspecified atom stereocenters. The maximum atomic E-state index is 10.3. The van der Waals surface area contributed by atoms with Crippen LogP contribution in [-0.2, 0) is 18.9 Å². The van der Waals surface area contributed by atoms with E-state index >= 15 is 0 Å². The Bertz CT molecular complexity index is 525. The van der Waals surface area contributed by atoms with Crippen LogP contribution in [0.15, 0.2) is 30.3 Å². The maximum absolute atomic E-state index is 10.3. The van der Waals surface area contributed by atoms with Gasteiger partial charge in [0.25, 0.3) is 0 Å². The summed E-state index contributed by atoms with van der Waals surface area (Å²) in [6, 6.07) is 9.39. The Labute approximate surface area is 128 Å². The molecule has 1 aromatic carbocycles. The number of benzene rings is 1. The number of ether oxygens (including phenoxy) is 4. The van der Waals surface area contributed by atoms with E-state index < -0.39 is 37.0 Å². The fourth-order valence-corrected chi connectivity index (χ4v) is 2.63. The van der Waals surface area contributed by atoms with Crippen molar-refractivity contribution in [3.8, 4) is 12.3 Å². The van der Waals surface area contributed by atoms with Gasteiger partial charge in [-0.15, -0.1) is 6.42 Å². The van der Waals surface area contributed by atoms with Crippen molar-refractivity contribution in [2.45, 2.75) is 37.0 Å². The molecule has 0 radical (unpaired) electrons. The molecule has 2 aliphatic rings. The van der Waals surface area contributed by atoms with Gasteiger partial charge >= 0.3 is 0 Å². The molecule has 22 heavy (non-hydrogen) atoms. The molecule has 2 aliphatic heterocycles. The number of terminal acetylenes is 1. The Balaban J connectivity index is 1.69. The van der Waals surface area contributed by atoms with Crippen LogP contribution in [0.25, 0.3) is 0 Å². The van der Waals surface area contributed by atoms with Gasteiger partial charge in [-0.25, -0.2) is 0 Å². The molecule has 118 valence electrons. The largest absolute Gasteiger partial charge is 0.387 e. The molecule has 2 heterocycles. The molecule has 6 atom stereocenters. The third-order valence-electron chi connectivity index (χ3n) is 3.74. The summed E-state index contributed by atoms with van der Waals surface area (Å²) in [6.07, 6.45) is -0.0733. The van der Waals surface area contributed by atoms with Crippen LogP contribution < -0.4 is 0 Å². The molecule has 0 amide bonds. The Morgan fingerprint density at radius 2 is 1.95 bits per heavy atom. The van der Waals surface area contributed by atoms with Gasteiger partial charge in [0.1, 0.15) is 31.0 Å². The van der Waals surface area contributed by atoms with Gasteiger partial charge in [0, 0.05) is 5.56 Å². The number of aliphatic hydroxyl groups excluding tert-OH is 2. The molecule has 6 nitrogen and oxygen atoms in total. The van der Waals surface area contributed by atoms with Crippen molar-refractivity contribution in [3.63, 3.8) is 0 Å². The summed E-state index contributed by atoms with van der Waals surface area (Å²) in [6.45, 7) is 0.212. The van der Waals surface area contributed by atoms with Gasteiger partial charge in [-0.3, -0.25) is 0 Å². The minimum Gasteiger partial charge on any atom is -0.387 e. The molecular formula is C16H18O6. The molecule has 6 heteroatoms. The van der Waals surface area contributed by atoms with Crippen LogP contribution in [0.1, 0.15) is 11.9 Å². The molecule has 0 saturated carbocycles. The predicted molar refractivity (Wildman–Crippen MR) is 75.5 cm³/mol. The van der Waals surface area contributed by atoms with E-state index in [0.717, 1.165) is 5.56 Å². The van der Waals surface area contributed by atoms with Crippen LogP contribution in [0.4, 0.5) is 0 Å². The third kappa shape index (κ3) is 3.01. The van der Waals surface area contributed by atoms with E-state index in [0.29, 0.717) is 0 Å². The average molecular weight is 306 g/mol. The van der Waals surface area contributed by atoms with Crippen LogP contribution in [0.5, 0.6) is 0 Å². The highest BCUT2D eigenvalue weighted by molar-refractivity contribution is 5.16. The van der Waals surface area contributed by atoms with Crippen molar-refractivity contribution in [2.75, 3.05) is 13.2 Å². The van der Waals surface area contributed by atoms with E-state index in [4.69, 9.17) is 25.4 Å². The highest BCUT2D eigenvalue weighted by Gasteiger charge is 2.49. The highest BCUT2D eigenvalue weighted by atomic mass is 16.8. The van der Waals surface area contributed by atoms with E-state index in [1.165, 1.54) is 0 Å². The Morgan fingerprint density at radius 1 is 1.18 bits per heavy atom. The molecule has 0 bridgehead atoms. The van der Waals surface area contributed by atoms with Gasteiger partial charge in [-0.1, -0.05) is 36.3 Å². The zero-order valence-corrected chi connectivity index (χ0v) is 11.9. The molecule has 2 fully saturated rings. The maximum Gasteiger partial charge on any atom is 0.187 e. The summed E-state index contributed by atoms with van der Waals surface area (Å²) in [5.74, 6) is 2.29. The summed E-state index contributed by atoms with van der Waals surface area (Å²) in [7, 11) is 0. The van der Waals surface area contributed by atoms with Crippen molar-refractivity contribution >= 4 is 0 Å². The number of hydrogen-bond acceptors (Lipinski definition) is 6. The third-order valence-corrected chi connectivity index (χ3v) is 3.74. The zero-order valence-electron chi connectivity index (χ0n) is 11.9. The molecule has 0 aliphatic carbocycles. The van der Waals surface area contributed by atoms with Gasteiger partial charge in [-0.05, 0) is 0 Å². The quantitative estimate of drug-likeness (QED) is 0.777. The highest BCUT2D eigenvalue weighted by Crippen LogP contribution is 2.34. The van der Waals surface area contributed by atoms with Gasteiger partial charge in [0.15, 0.2) is 12.6 Å². The first-order valence-electron chi connectivity index (χ1n) is 7.09. The van der Waals surface area contributed by atoms with Crippen LogP contribution in [0.2, 0.25) is 0 Å². The number of rotatable bonds is 3. The van der Waals surface area contributed by atoms with E-state index in [1.54, 1.807) is 0 Å². The first-order chi connectivity index (χ1) is 10.7. The van der Waals surface area contributed by atoms with Crippen molar-refractivity contribution in [1.29, 1.82) is 0 Å². The molecule has 0 spiro atoms. The predicted octanol–water partition coefficient (Wildman–Crippen LogP) is 0.197. The normalized spacial score (nSPS) is 38.0. The van der Waals surface area contributed by atoms with Crippen LogP contribution in [0, 0.1) is 12.3 Å². The minimum absolute atomic E-state index is 0.0137. The lowest BCUT2D eigenvalue weighted by atomic mass is 9.98. The fourth-order valence-electron chi connectivity index (χ4n) is 2.63. The first-order valence-corrected chi connectivity index (χ1v) is 7.09. The summed E-state index contributed by atoms with van der Waals surface area (Å²) in [5.41, 5.74) is 0.841. The van der Waals surface area contributed by atoms with E-state index in [2.05, 4.69) is 5.92 Å². The van der Waals surface area contributed by atoms with E-state index in [1.807, 2.05) is 30.3 Å². The summed E-state index contributed by atoms with van der Waals surface area (Å²) < 4.78 is 22.2. The summed E-state index contributed by atoms with van der Waals surface area (Å²) in [5, 5.41) is 20.3. The minimum atomic E-state index is -1.23. The Kier molecular flexibility index (Phi) is 4.74. The molecule has 3 rings (SSSR count). The average Bonchev–Trinajstić information content (AvgIpc) is 2.57. The lowest BCUT2D eigenvalue weighted by Crippen LogP contribution is -2.62. The smallest absolute Gasteiger partial charge is 0.187 e. The summed E-state index contributed by atoms with van der Waals surface area (Å²) >= 11 is 0. The number of fused-ring (bicyclic) bond motifs is 1. The van der Waals surface area contributed by atoms with Crippen LogP contribution >= 0.6 is 0 Å². The fraction of sp³-hybridized carbons (Fsp3) is 0.500. The second kappa shape index (κ2) is 6.75. The first kappa shape index (κ1) is 15.4. The molecule has 0 aromatic heterocycles. The lowest BCUT2D eigenvalue weighted by molar-refractivity contribution is -0.359. The van der Waals surface area contributed by atoms with Crippen molar-refractivity contribution in [2.24, 2.45) is 0 Å². The van der Waals surface area contributed by atoms with Crippen molar-refractivity contribution < 1.29 is 29.2 Å². The molecular weight excluding hydrogens is 288 g/mol. The molecule has 2 saturated heterocycles. The number of hydrogen-bond donors (Lipinski definition) is 2. The van der Waals surface area contributed by atoms with Crippen molar-refractivity contribution in [1.82, 2.24) is 0 Å². The van der Waals surface area contributed by atoms with Gasteiger partial charge in [-0.2, -0.15) is 0 Å². The molecule has 2 N–H and O–H groups in total. The van der Waals surface area contributed by atoms with E-state index in [9.17, 15) is 10.2 Å². The topological polar surface area (TPSA) is 77.4 Å². The van der Waals surface area contributed by atoms with Crippen LogP contribution in [0.3, 0.4) is 0 Å². The number of aliphatic hydroxyl groups is 2. The Morgan fingerprint density at radius 3 is 2.68 bits per heavy atom. The Hall–Kier alpha value is -1.46. The van der Waals surface area contributed by atoms with Gasteiger partial charge < -0.3 is 29.2 Å². The second-order valence-electron chi connectivity index (χ2n) is 5.22. The monoisotopic (exact) mass is 306 g/mol. The van der Waals surface area contributed by atoms with Crippen molar-refractivity contribution in [3.05, 3.63) is 35.9 Å². The summed E-state index contributed by atoms with van der Waals surface area (Å²) in [4.78, 5) is 0. The molecule has 1 aromatic rings. The standard InChI is InChI=1S/C16H18O6/c1-2-8-19-16-13(18)12(17)14-11(21-16)9-20-15(22-14)10-6-4-3-5-7-10/h1,3-7,11-18H,8-9H2/t11-,12-,13-,14+,15?,16+/m1/s1.